The van der Waals surface area contributed by atoms with Crippen LogP contribution in [-0.2, 0) is 42.7 Å². The van der Waals surface area contributed by atoms with E-state index in [1.165, 1.54) is 16.2 Å². The van der Waals surface area contributed by atoms with E-state index < -0.39 is 0 Å². The van der Waals surface area contributed by atoms with Gasteiger partial charge in [-0.2, -0.15) is 0 Å². The predicted octanol–water partition coefficient (Wildman–Crippen LogP) is -1.01. The van der Waals surface area contributed by atoms with E-state index in [9.17, 15) is 0 Å². The van der Waals surface area contributed by atoms with Crippen LogP contribution in [0, 0.1) is 0 Å². The van der Waals surface area contributed by atoms with Crippen molar-refractivity contribution in [1.82, 2.24) is 0 Å². The molecule has 0 saturated carbocycles. The van der Waals surface area contributed by atoms with E-state index in [1.54, 1.807) is 0 Å². The van der Waals surface area contributed by atoms with E-state index in [1.807, 2.05) is 15.9 Å². The molecule has 0 heterocycles. The zero-order valence-electron chi connectivity index (χ0n) is 2.69. The second kappa shape index (κ2) is 102. The summed E-state index contributed by atoms with van der Waals surface area (Å²) < 4.78 is 24.5. The first-order valence-corrected chi connectivity index (χ1v) is 3.22. The number of hydrogen-bond donors (Lipinski definition) is 0. The Morgan fingerprint density at radius 1 is 1.17 bits per heavy atom. The molecule has 0 aromatic heterocycles. The Hall–Kier alpha value is 1.32. The van der Waals surface area contributed by atoms with E-state index in [2.05, 4.69) is 0 Å². The van der Waals surface area contributed by atoms with Crippen LogP contribution in [0.15, 0.2) is 0 Å². The molecule has 0 unspecified atom stereocenters. The Bertz CT molecular complexity index is 15.5. The molecular formula is HCrFeInO3. The van der Waals surface area contributed by atoms with Crippen LogP contribution >= 0.6 is 0 Å². The van der Waals surface area contributed by atoms with E-state index in [-0.39, 0.29) is 24.4 Å². The molecule has 0 fully saturated rings. The van der Waals surface area contributed by atoms with E-state index in [0.29, 0.717) is 0 Å². The second-order valence-electron chi connectivity index (χ2n) is 0. The van der Waals surface area contributed by atoms with Crippen molar-refractivity contribution in [2.45, 2.75) is 0 Å². The van der Waals surface area contributed by atoms with Crippen molar-refractivity contribution < 1.29 is 42.7 Å². The van der Waals surface area contributed by atoms with Gasteiger partial charge in [0.15, 0.2) is 0 Å². The molecule has 0 aromatic carbocycles. The number of rotatable bonds is 0. The maximum absolute atomic E-state index is 8.42. The van der Waals surface area contributed by atoms with Gasteiger partial charge in [-0.15, -0.1) is 0 Å². The number of hydrogen-bond acceptors (Lipinski definition) is 3. The van der Waals surface area contributed by atoms with Gasteiger partial charge in [0.25, 0.3) is 0 Å². The van der Waals surface area contributed by atoms with Gasteiger partial charge < -0.3 is 0 Å². The Kier molecular flexibility index (Phi) is 268. The summed E-state index contributed by atoms with van der Waals surface area (Å²) in [7, 11) is 0. The molecular weight excluding hydrogens is 271 g/mol. The minimum absolute atomic E-state index is 0.1000. The van der Waals surface area contributed by atoms with Crippen molar-refractivity contribution in [3.8, 4) is 0 Å². The molecule has 0 rings (SSSR count). The van der Waals surface area contributed by atoms with Crippen molar-refractivity contribution in [3.63, 3.8) is 0 Å². The molecule has 0 aliphatic rings. The molecule has 0 saturated heterocycles. The fourth-order valence-electron chi connectivity index (χ4n) is 0. The Morgan fingerprint density at radius 2 is 1.17 bits per heavy atom. The van der Waals surface area contributed by atoms with Gasteiger partial charge in [0.05, 0.1) is 0 Å². The van der Waals surface area contributed by atoms with Crippen LogP contribution in [0.25, 0.3) is 0 Å². The molecule has 0 amide bonds. The topological polar surface area (TPSA) is 51.2 Å². The summed E-state index contributed by atoms with van der Waals surface area (Å²) in [6.45, 7) is 0. The first-order valence-electron chi connectivity index (χ1n) is 0.600. The molecule has 6 heavy (non-hydrogen) atoms. The molecule has 36 valence electrons. The van der Waals surface area contributed by atoms with Crippen molar-refractivity contribution in [2.24, 2.45) is 0 Å². The SMILES string of the molecule is [O]=[Cr].[O]=[Fe].[O]=[InH]. The van der Waals surface area contributed by atoms with Crippen molar-refractivity contribution >= 4 is 24.4 Å². The summed E-state index contributed by atoms with van der Waals surface area (Å²) in [6, 6.07) is 0. The first-order chi connectivity index (χ1) is 3.00. The van der Waals surface area contributed by atoms with E-state index in [4.69, 9.17) is 10.5 Å². The fourth-order valence-corrected chi connectivity index (χ4v) is 0. The van der Waals surface area contributed by atoms with Crippen LogP contribution < -0.4 is 0 Å². The van der Waals surface area contributed by atoms with Gasteiger partial charge in [-0.1, -0.05) is 0 Å². The van der Waals surface area contributed by atoms with Crippen LogP contribution in [0.2, 0.25) is 0 Å². The Balaban J connectivity index is -0.0000000225. The van der Waals surface area contributed by atoms with Gasteiger partial charge in [-0.25, -0.2) is 0 Å². The molecule has 0 aromatic rings. The third-order valence-corrected chi connectivity index (χ3v) is 0. The quantitative estimate of drug-likeness (QED) is 0.531. The van der Waals surface area contributed by atoms with Crippen molar-refractivity contribution in [1.29, 1.82) is 0 Å². The molecule has 0 spiro atoms. The van der Waals surface area contributed by atoms with Gasteiger partial charge >= 0.3 is 67.0 Å². The van der Waals surface area contributed by atoms with Crippen molar-refractivity contribution in [2.75, 3.05) is 0 Å². The summed E-state index contributed by atoms with van der Waals surface area (Å²) in [5, 5.41) is 0. The Morgan fingerprint density at radius 3 is 1.17 bits per heavy atom. The second-order valence-corrected chi connectivity index (χ2v) is 0. The monoisotopic (exact) mass is 272 g/mol. The molecule has 0 radical (unpaired) electrons. The third kappa shape index (κ3) is 56.9. The van der Waals surface area contributed by atoms with Crippen LogP contribution in [0.1, 0.15) is 0 Å². The molecule has 3 nitrogen and oxygen atoms in total. The minimum atomic E-state index is -0.1000. The summed E-state index contributed by atoms with van der Waals surface area (Å²) in [4.78, 5) is 0. The summed E-state index contributed by atoms with van der Waals surface area (Å²) >= 11 is 3.28. The average Bonchev–Trinajstić information content (AvgIpc) is 1.81. The first kappa shape index (κ1) is 15.7. The van der Waals surface area contributed by atoms with Crippen LogP contribution in [0.4, 0.5) is 0 Å². The maximum atomic E-state index is 8.42. The van der Waals surface area contributed by atoms with Gasteiger partial charge in [0.2, 0.25) is 0 Å². The van der Waals surface area contributed by atoms with E-state index in [0.717, 1.165) is 0 Å². The van der Waals surface area contributed by atoms with Crippen LogP contribution in [0.5, 0.6) is 0 Å². The standard InChI is InChI=1S/Cr.Fe.In.3O.H. The fraction of sp³-hybridized carbons (Fsp3) is 0. The van der Waals surface area contributed by atoms with Crippen molar-refractivity contribution in [3.05, 3.63) is 0 Å². The van der Waals surface area contributed by atoms with Gasteiger partial charge in [0, 0.05) is 0 Å². The molecule has 0 aliphatic carbocycles. The molecule has 6 heteroatoms. The Labute approximate surface area is 66.5 Å². The van der Waals surface area contributed by atoms with Gasteiger partial charge in [-0.3, -0.25) is 0 Å². The summed E-state index contributed by atoms with van der Waals surface area (Å²) in [6.07, 6.45) is 0. The normalized spacial score (nSPS) is 2.00. The molecule has 0 bridgehead atoms. The van der Waals surface area contributed by atoms with Gasteiger partial charge in [-0.05, 0) is 0 Å². The zero-order valence-corrected chi connectivity index (χ0v) is 9.11. The van der Waals surface area contributed by atoms with E-state index >= 15 is 0 Å². The summed E-state index contributed by atoms with van der Waals surface area (Å²) in [5.74, 6) is 0. The molecule has 0 atom stereocenters. The summed E-state index contributed by atoms with van der Waals surface area (Å²) in [5.41, 5.74) is 0. The van der Waals surface area contributed by atoms with Crippen LogP contribution in [-0.4, -0.2) is 24.4 Å². The van der Waals surface area contributed by atoms with Crippen LogP contribution in [0.3, 0.4) is 0 Å². The molecule has 0 aliphatic heterocycles. The zero-order chi connectivity index (χ0) is 6.00. The predicted molar refractivity (Wildman–Crippen MR) is 9.21 cm³/mol. The average molecular weight is 272 g/mol. The third-order valence-electron chi connectivity index (χ3n) is 0. The van der Waals surface area contributed by atoms with Gasteiger partial charge in [0.1, 0.15) is 0 Å². The molecule has 0 N–H and O–H groups in total.